The molecule has 0 bridgehead atoms. The number of hydrogen-bond donors (Lipinski definition) is 0. The number of carbonyl (C=O) groups excluding carboxylic acids is 2. The molecule has 2 fully saturated rings. The van der Waals surface area contributed by atoms with Gasteiger partial charge in [-0.15, -0.1) is 0 Å². The number of esters is 1. The zero-order valence-electron chi connectivity index (χ0n) is 12.7. The average Bonchev–Trinajstić information content (AvgIpc) is 2.87. The Morgan fingerprint density at radius 1 is 1.43 bits per heavy atom. The number of fused-ring (bicyclic) bond motifs is 1. The van der Waals surface area contributed by atoms with Crippen LogP contribution in [0.3, 0.4) is 0 Å². The molecule has 2 saturated heterocycles. The monoisotopic (exact) mass is 331 g/mol. The second kappa shape index (κ2) is 6.50. The summed E-state index contributed by atoms with van der Waals surface area (Å²) in [6.07, 6.45) is 0.477. The number of β-lactam (4-membered cyclic amide) rings is 1. The number of amides is 1. The number of thiocarbonyl (C=S) groups is 1. The number of rotatable bonds is 5. The van der Waals surface area contributed by atoms with Crippen LogP contribution in [0.2, 0.25) is 0 Å². The van der Waals surface area contributed by atoms with Crippen LogP contribution in [0.25, 0.3) is 0 Å². The van der Waals surface area contributed by atoms with Crippen molar-refractivity contribution < 1.29 is 19.1 Å². The van der Waals surface area contributed by atoms with Gasteiger partial charge >= 0.3 is 5.97 Å². The number of nitrogens with zero attached hydrogens (tertiary/aromatic N) is 1. The summed E-state index contributed by atoms with van der Waals surface area (Å²) in [5, 5.41) is 1.58. The molecule has 0 radical (unpaired) electrons. The molecule has 2 atom stereocenters. The second-order valence-corrected chi connectivity index (χ2v) is 5.92. The molecular weight excluding hydrogens is 314 g/mol. The lowest BCUT2D eigenvalue weighted by Crippen LogP contribution is -2.55. The molecule has 0 N–H and O–H groups in total. The first-order valence-corrected chi connectivity index (χ1v) is 7.90. The van der Waals surface area contributed by atoms with E-state index in [-0.39, 0.29) is 18.7 Å². The van der Waals surface area contributed by atoms with Gasteiger partial charge in [0.05, 0.1) is 6.42 Å². The first kappa shape index (κ1) is 15.7. The van der Waals surface area contributed by atoms with Gasteiger partial charge in [0.1, 0.15) is 12.4 Å². The third-order valence-corrected chi connectivity index (χ3v) is 4.16. The van der Waals surface area contributed by atoms with E-state index in [1.54, 1.807) is 5.37 Å². The lowest BCUT2D eigenvalue weighted by atomic mass is 10.1. The molecule has 5 nitrogen and oxygen atoms in total. The van der Waals surface area contributed by atoms with E-state index in [0.717, 1.165) is 11.1 Å². The van der Waals surface area contributed by atoms with Crippen molar-refractivity contribution in [1.29, 1.82) is 0 Å². The highest BCUT2D eigenvalue weighted by Gasteiger charge is 2.54. The maximum absolute atomic E-state index is 12.5. The van der Waals surface area contributed by atoms with Gasteiger partial charge in [-0.05, 0) is 23.4 Å². The van der Waals surface area contributed by atoms with E-state index in [9.17, 15) is 9.59 Å². The minimum absolute atomic E-state index is 0.0955. The summed E-state index contributed by atoms with van der Waals surface area (Å²) in [6, 6.07) is 8.63. The molecule has 120 valence electrons. The maximum Gasteiger partial charge on any atom is 0.337 e. The Bertz CT molecular complexity index is 670. The Hall–Kier alpha value is -2.21. The molecule has 1 aromatic rings. The van der Waals surface area contributed by atoms with Crippen LogP contribution in [0, 0.1) is 0 Å². The number of benzene rings is 1. The van der Waals surface area contributed by atoms with Crippen LogP contribution >= 0.6 is 12.2 Å². The normalized spacial score (nSPS) is 24.4. The molecule has 6 heteroatoms. The average molecular weight is 331 g/mol. The van der Waals surface area contributed by atoms with Crippen LogP contribution in [0.1, 0.15) is 25.3 Å². The first-order chi connectivity index (χ1) is 11.1. The molecule has 23 heavy (non-hydrogen) atoms. The van der Waals surface area contributed by atoms with Crippen LogP contribution in [0.5, 0.6) is 0 Å². The summed E-state index contributed by atoms with van der Waals surface area (Å²) in [4.78, 5) is 25.8. The van der Waals surface area contributed by atoms with Crippen molar-refractivity contribution in [3.8, 4) is 0 Å². The summed E-state index contributed by atoms with van der Waals surface area (Å²) in [5.74, 6) is -0.0649. The van der Waals surface area contributed by atoms with Crippen LogP contribution in [0.15, 0.2) is 41.7 Å². The zero-order chi connectivity index (χ0) is 16.4. The lowest BCUT2D eigenvalue weighted by molar-refractivity contribution is -0.166. The fraction of sp³-hybridized carbons (Fsp3) is 0.353. The van der Waals surface area contributed by atoms with E-state index in [1.807, 2.05) is 37.3 Å². The Labute approximate surface area is 139 Å². The highest BCUT2D eigenvalue weighted by Crippen LogP contribution is 2.38. The number of hydrogen-bond acceptors (Lipinski definition) is 5. The van der Waals surface area contributed by atoms with Gasteiger partial charge in [0, 0.05) is 6.42 Å². The molecule has 0 saturated carbocycles. The van der Waals surface area contributed by atoms with Crippen molar-refractivity contribution in [1.82, 2.24) is 4.90 Å². The molecule has 3 rings (SSSR count). The summed E-state index contributed by atoms with van der Waals surface area (Å²) in [5.41, 5.74) is 1.75. The third-order valence-electron chi connectivity index (χ3n) is 3.99. The zero-order valence-corrected chi connectivity index (χ0v) is 13.5. The predicted octanol–water partition coefficient (Wildman–Crippen LogP) is 2.35. The molecule has 1 aromatic carbocycles. The fourth-order valence-corrected chi connectivity index (χ4v) is 2.99. The fourth-order valence-electron chi connectivity index (χ4n) is 2.74. The molecule has 2 aliphatic heterocycles. The molecule has 0 aliphatic carbocycles. The summed E-state index contributed by atoms with van der Waals surface area (Å²) in [6.45, 7) is 2.02. The quantitative estimate of drug-likeness (QED) is 0.471. The van der Waals surface area contributed by atoms with Crippen molar-refractivity contribution >= 4 is 29.5 Å². The molecule has 0 spiro atoms. The van der Waals surface area contributed by atoms with E-state index in [1.165, 1.54) is 4.90 Å². The van der Waals surface area contributed by atoms with Gasteiger partial charge in [0.2, 0.25) is 5.91 Å². The Balaban J connectivity index is 1.76. The van der Waals surface area contributed by atoms with Gasteiger partial charge < -0.3 is 9.47 Å². The van der Waals surface area contributed by atoms with Gasteiger partial charge in [-0.2, -0.15) is 0 Å². The number of carbonyl (C=O) groups is 2. The van der Waals surface area contributed by atoms with Gasteiger partial charge in [0.25, 0.3) is 0 Å². The van der Waals surface area contributed by atoms with Crippen molar-refractivity contribution in [2.45, 2.75) is 38.6 Å². The van der Waals surface area contributed by atoms with Crippen LogP contribution in [-0.2, 0) is 25.7 Å². The van der Waals surface area contributed by atoms with Crippen LogP contribution in [0.4, 0.5) is 0 Å². The summed E-state index contributed by atoms with van der Waals surface area (Å²) in [7, 11) is 0. The second-order valence-electron chi connectivity index (χ2n) is 5.59. The standard InChI is InChI=1S/C17H17NO4S/c1-11(7-8-23)16-15(18-13(19)9-14(18)22-16)17(20)21-10-12-5-3-2-4-6-12/h2-6,8,14-15H,7,9-10H2,1H3. The van der Waals surface area contributed by atoms with Crippen molar-refractivity contribution in [3.63, 3.8) is 0 Å². The third kappa shape index (κ3) is 2.99. The lowest BCUT2D eigenvalue weighted by Gasteiger charge is -2.33. The van der Waals surface area contributed by atoms with E-state index in [0.29, 0.717) is 18.6 Å². The molecule has 0 aromatic heterocycles. The first-order valence-electron chi connectivity index (χ1n) is 7.43. The van der Waals surface area contributed by atoms with E-state index < -0.39 is 12.0 Å². The van der Waals surface area contributed by atoms with Gasteiger partial charge in [-0.1, -0.05) is 42.5 Å². The number of ether oxygens (including phenoxy) is 2. The minimum Gasteiger partial charge on any atom is -0.471 e. The maximum atomic E-state index is 12.5. The van der Waals surface area contributed by atoms with Gasteiger partial charge in [0.15, 0.2) is 12.3 Å². The topological polar surface area (TPSA) is 55.8 Å². The van der Waals surface area contributed by atoms with E-state index >= 15 is 0 Å². The van der Waals surface area contributed by atoms with E-state index in [2.05, 4.69) is 0 Å². The molecular formula is C17H17NO4S. The Kier molecular flexibility index (Phi) is 4.43. The van der Waals surface area contributed by atoms with Crippen LogP contribution in [-0.4, -0.2) is 34.4 Å². The predicted molar refractivity (Wildman–Crippen MR) is 87.3 cm³/mol. The van der Waals surface area contributed by atoms with E-state index in [4.69, 9.17) is 21.7 Å². The summed E-state index contributed by atoms with van der Waals surface area (Å²) < 4.78 is 11.1. The molecule has 1 amide bonds. The Morgan fingerprint density at radius 2 is 2.17 bits per heavy atom. The number of allylic oxidation sites excluding steroid dienone is 1. The highest BCUT2D eigenvalue weighted by molar-refractivity contribution is 7.79. The van der Waals surface area contributed by atoms with Gasteiger partial charge in [-0.25, -0.2) is 4.79 Å². The van der Waals surface area contributed by atoms with Crippen molar-refractivity contribution in [3.05, 3.63) is 47.2 Å². The smallest absolute Gasteiger partial charge is 0.337 e. The SMILES string of the molecule is CC(CC=S)=C1OC2CC(=O)N2C1C(=O)OCc1ccccc1. The summed E-state index contributed by atoms with van der Waals surface area (Å²) >= 11 is 4.87. The largest absolute Gasteiger partial charge is 0.471 e. The van der Waals surface area contributed by atoms with Crippen molar-refractivity contribution in [2.24, 2.45) is 0 Å². The van der Waals surface area contributed by atoms with Crippen LogP contribution < -0.4 is 0 Å². The van der Waals surface area contributed by atoms with Gasteiger partial charge in [-0.3, -0.25) is 9.69 Å². The molecule has 2 unspecified atom stereocenters. The molecule has 2 aliphatic rings. The minimum atomic E-state index is -0.792. The highest BCUT2D eigenvalue weighted by atomic mass is 32.1. The Morgan fingerprint density at radius 3 is 2.83 bits per heavy atom. The van der Waals surface area contributed by atoms with Crippen molar-refractivity contribution in [2.75, 3.05) is 0 Å². The molecule has 2 heterocycles.